The summed E-state index contributed by atoms with van der Waals surface area (Å²) in [5.41, 5.74) is -1.45. The summed E-state index contributed by atoms with van der Waals surface area (Å²) < 4.78 is 0. The van der Waals surface area contributed by atoms with Crippen LogP contribution in [0.3, 0.4) is 0 Å². The van der Waals surface area contributed by atoms with Gasteiger partial charge in [-0.2, -0.15) is 0 Å². The smallest absolute Gasteiger partial charge is 0.329 e. The van der Waals surface area contributed by atoms with Crippen molar-refractivity contribution < 1.29 is 24.3 Å². The quantitative estimate of drug-likeness (QED) is 0.276. The molecule has 0 aromatic heterocycles. The zero-order valence-corrected chi connectivity index (χ0v) is 23.5. The molecule has 0 bridgehead atoms. The van der Waals surface area contributed by atoms with Crippen LogP contribution in [-0.4, -0.2) is 96.0 Å². The summed E-state index contributed by atoms with van der Waals surface area (Å²) in [6.07, 6.45) is 1.03. The van der Waals surface area contributed by atoms with Crippen molar-refractivity contribution in [2.45, 2.75) is 85.4 Å². The molecule has 0 aromatic rings. The van der Waals surface area contributed by atoms with Crippen LogP contribution in [0.2, 0.25) is 0 Å². The second kappa shape index (κ2) is 14.5. The van der Waals surface area contributed by atoms with E-state index in [1.54, 1.807) is 0 Å². The van der Waals surface area contributed by atoms with Crippen molar-refractivity contribution in [3.8, 4) is 0 Å². The third-order valence-corrected chi connectivity index (χ3v) is 6.35. The van der Waals surface area contributed by atoms with E-state index in [2.05, 4.69) is 25.8 Å². The van der Waals surface area contributed by atoms with E-state index in [9.17, 15) is 24.3 Å². The lowest BCUT2D eigenvalue weighted by atomic mass is 9.90. The van der Waals surface area contributed by atoms with Crippen molar-refractivity contribution in [1.82, 2.24) is 25.8 Å². The van der Waals surface area contributed by atoms with E-state index in [-0.39, 0.29) is 36.6 Å². The molecule has 0 saturated carbocycles. The molecule has 3 amide bonds. The molecule has 0 spiro atoms. The van der Waals surface area contributed by atoms with E-state index >= 15 is 0 Å². The van der Waals surface area contributed by atoms with Crippen LogP contribution in [0.5, 0.6) is 0 Å². The van der Waals surface area contributed by atoms with Gasteiger partial charge in [0.25, 0.3) is 0 Å². The van der Waals surface area contributed by atoms with Crippen molar-refractivity contribution in [3.05, 3.63) is 0 Å². The molecule has 208 valence electrons. The normalized spacial score (nSPS) is 18.5. The second-order valence-electron chi connectivity index (χ2n) is 11.7. The van der Waals surface area contributed by atoms with Crippen LogP contribution >= 0.6 is 0 Å². The van der Waals surface area contributed by atoms with Gasteiger partial charge in [-0.25, -0.2) is 4.79 Å². The van der Waals surface area contributed by atoms with Gasteiger partial charge in [0, 0.05) is 26.2 Å². The van der Waals surface area contributed by atoms with Crippen molar-refractivity contribution in [3.63, 3.8) is 0 Å². The zero-order valence-electron chi connectivity index (χ0n) is 23.5. The number of likely N-dealkylation sites (N-methyl/N-ethyl adjacent to an activating group) is 1. The molecule has 1 aliphatic rings. The number of carbonyl (C=O) groups excluding carboxylic acids is 3. The fraction of sp³-hybridized carbons (Fsp3) is 0.846. The molecule has 0 aromatic carbocycles. The Morgan fingerprint density at radius 1 is 0.806 bits per heavy atom. The summed E-state index contributed by atoms with van der Waals surface area (Å²) >= 11 is 0. The molecule has 4 N–H and O–H groups in total. The summed E-state index contributed by atoms with van der Waals surface area (Å²) in [5.74, 6) is -2.03. The Morgan fingerprint density at radius 3 is 1.75 bits per heavy atom. The lowest BCUT2D eigenvalue weighted by Gasteiger charge is -2.33. The third kappa shape index (κ3) is 11.2. The Kier molecular flexibility index (Phi) is 12.8. The van der Waals surface area contributed by atoms with Crippen LogP contribution in [0.25, 0.3) is 0 Å². The van der Waals surface area contributed by atoms with Gasteiger partial charge in [0.1, 0.15) is 17.6 Å². The van der Waals surface area contributed by atoms with E-state index in [0.29, 0.717) is 12.8 Å². The van der Waals surface area contributed by atoms with Crippen LogP contribution in [0, 0.1) is 17.8 Å². The zero-order chi connectivity index (χ0) is 27.6. The highest BCUT2D eigenvalue weighted by molar-refractivity contribution is 5.94. The maximum atomic E-state index is 13.3. The average Bonchev–Trinajstić information content (AvgIpc) is 2.73. The molecule has 36 heavy (non-hydrogen) atoms. The molecule has 1 rings (SSSR count). The first kappa shape index (κ1) is 31.8. The number of hydrogen-bond donors (Lipinski definition) is 4. The fourth-order valence-electron chi connectivity index (χ4n) is 4.49. The summed E-state index contributed by atoms with van der Waals surface area (Å²) in [6, 6.07) is -1.69. The summed E-state index contributed by atoms with van der Waals surface area (Å²) in [5, 5.41) is 18.1. The van der Waals surface area contributed by atoms with Gasteiger partial charge in [0.05, 0.1) is 6.54 Å². The monoisotopic (exact) mass is 511 g/mol. The van der Waals surface area contributed by atoms with Gasteiger partial charge in [-0.3, -0.25) is 19.3 Å². The molecule has 0 radical (unpaired) electrons. The molecule has 3 atom stereocenters. The molecule has 3 unspecified atom stereocenters. The maximum Gasteiger partial charge on any atom is 0.329 e. The standard InChI is InChI=1S/C26H49N5O5/c1-17(2)13-20(27-22(32)16-31-11-9-30(8)10-12-31)23(33)28-21(14-18(3)4)24(34)29-26(7,25(35)36)15-19(5)6/h17-21H,9-16H2,1-8H3,(H,27,32)(H,28,33)(H,29,34)(H,35,36). The van der Waals surface area contributed by atoms with Gasteiger partial charge in [0.15, 0.2) is 0 Å². The van der Waals surface area contributed by atoms with Crippen LogP contribution in [0.1, 0.15) is 67.7 Å². The summed E-state index contributed by atoms with van der Waals surface area (Å²) in [7, 11) is 2.05. The number of amides is 3. The fourth-order valence-corrected chi connectivity index (χ4v) is 4.49. The molecule has 0 aliphatic carbocycles. The Labute approximate surface area is 216 Å². The first-order valence-electron chi connectivity index (χ1n) is 13.2. The predicted octanol–water partition coefficient (Wildman–Crippen LogP) is 1.30. The van der Waals surface area contributed by atoms with Gasteiger partial charge in [-0.15, -0.1) is 0 Å². The van der Waals surface area contributed by atoms with Gasteiger partial charge in [-0.1, -0.05) is 41.5 Å². The van der Waals surface area contributed by atoms with Crippen molar-refractivity contribution in [1.29, 1.82) is 0 Å². The largest absolute Gasteiger partial charge is 0.480 e. The van der Waals surface area contributed by atoms with Crippen molar-refractivity contribution in [2.24, 2.45) is 17.8 Å². The molecule has 1 fully saturated rings. The number of nitrogens with one attached hydrogen (secondary N) is 3. The first-order chi connectivity index (χ1) is 16.6. The van der Waals surface area contributed by atoms with Crippen LogP contribution in [0.4, 0.5) is 0 Å². The number of rotatable bonds is 14. The van der Waals surface area contributed by atoms with Gasteiger partial charge < -0.3 is 26.0 Å². The number of carboxylic acids is 1. The number of aliphatic carboxylic acids is 1. The second-order valence-corrected chi connectivity index (χ2v) is 11.7. The highest BCUT2D eigenvalue weighted by Gasteiger charge is 2.38. The summed E-state index contributed by atoms with van der Waals surface area (Å²) in [4.78, 5) is 55.4. The van der Waals surface area contributed by atoms with E-state index in [0.717, 1.165) is 26.2 Å². The Morgan fingerprint density at radius 2 is 1.31 bits per heavy atom. The van der Waals surface area contributed by atoms with E-state index in [1.165, 1.54) is 6.92 Å². The first-order valence-corrected chi connectivity index (χ1v) is 13.2. The van der Waals surface area contributed by atoms with Crippen molar-refractivity contribution in [2.75, 3.05) is 39.8 Å². The molecular weight excluding hydrogens is 462 g/mol. The van der Waals surface area contributed by atoms with Crippen molar-refractivity contribution >= 4 is 23.7 Å². The summed E-state index contributed by atoms with van der Waals surface area (Å²) in [6.45, 7) is 16.7. The van der Waals surface area contributed by atoms with Crippen LogP contribution < -0.4 is 16.0 Å². The molecule has 10 heteroatoms. The Balaban J connectivity index is 2.94. The topological polar surface area (TPSA) is 131 Å². The number of piperazine rings is 1. The lowest BCUT2D eigenvalue weighted by molar-refractivity contribution is -0.148. The Bertz CT molecular complexity index is 749. The lowest BCUT2D eigenvalue weighted by Crippen LogP contribution is -2.60. The van der Waals surface area contributed by atoms with E-state index < -0.39 is 35.4 Å². The van der Waals surface area contributed by atoms with Crippen LogP contribution in [-0.2, 0) is 19.2 Å². The number of carboxylic acid groups (broad SMARTS) is 1. The average molecular weight is 512 g/mol. The van der Waals surface area contributed by atoms with E-state index in [1.807, 2.05) is 48.6 Å². The molecular formula is C26H49N5O5. The minimum atomic E-state index is -1.45. The predicted molar refractivity (Wildman–Crippen MR) is 140 cm³/mol. The van der Waals surface area contributed by atoms with Gasteiger partial charge >= 0.3 is 5.97 Å². The van der Waals surface area contributed by atoms with E-state index in [4.69, 9.17) is 0 Å². The van der Waals surface area contributed by atoms with Crippen LogP contribution in [0.15, 0.2) is 0 Å². The Hall–Kier alpha value is -2.20. The molecule has 1 aliphatic heterocycles. The van der Waals surface area contributed by atoms with Gasteiger partial charge in [0.2, 0.25) is 17.7 Å². The number of nitrogens with zero attached hydrogens (tertiary/aromatic N) is 2. The third-order valence-electron chi connectivity index (χ3n) is 6.35. The highest BCUT2D eigenvalue weighted by atomic mass is 16.4. The molecule has 1 saturated heterocycles. The maximum absolute atomic E-state index is 13.3. The number of hydrogen-bond acceptors (Lipinski definition) is 6. The van der Waals surface area contributed by atoms with Gasteiger partial charge in [-0.05, 0) is 51.0 Å². The molecule has 10 nitrogen and oxygen atoms in total. The minimum Gasteiger partial charge on any atom is -0.480 e. The minimum absolute atomic E-state index is 0.0514. The highest BCUT2D eigenvalue weighted by Crippen LogP contribution is 2.18. The SMILES string of the molecule is CC(C)CC(NC(=O)CN1CCN(C)CC1)C(=O)NC(CC(C)C)C(=O)NC(C)(CC(C)C)C(=O)O. The number of carbonyl (C=O) groups is 4. The molecule has 1 heterocycles.